The summed E-state index contributed by atoms with van der Waals surface area (Å²) in [5.74, 6) is 0. The first-order chi connectivity index (χ1) is 12.4. The summed E-state index contributed by atoms with van der Waals surface area (Å²) in [5, 5.41) is 25.4. The highest BCUT2D eigenvalue weighted by atomic mass is 16.8. The van der Waals surface area contributed by atoms with Crippen LogP contribution >= 0.6 is 0 Å². The number of rotatable bonds is 5. The van der Waals surface area contributed by atoms with E-state index in [1.54, 1.807) is 29.3 Å². The molecule has 1 aliphatic heterocycles. The van der Waals surface area contributed by atoms with Gasteiger partial charge in [0.1, 0.15) is 12.8 Å². The van der Waals surface area contributed by atoms with E-state index in [1.807, 2.05) is 13.3 Å². The third kappa shape index (κ3) is 3.14. The van der Waals surface area contributed by atoms with Gasteiger partial charge in [-0.05, 0) is 32.9 Å². The molecular weight excluding hydrogens is 328 g/mol. The SMILES string of the molecule is CC[N+]1=C(C=NN(C)c2ccc([NH+]([O-])O)cc2)C(C)(C)c2ccccc21. The van der Waals surface area contributed by atoms with Crippen molar-refractivity contribution >= 4 is 29.0 Å². The first-order valence-corrected chi connectivity index (χ1v) is 8.71. The summed E-state index contributed by atoms with van der Waals surface area (Å²) in [5.41, 5.74) is 4.67. The van der Waals surface area contributed by atoms with Crippen LogP contribution in [0, 0.1) is 5.21 Å². The zero-order valence-electron chi connectivity index (χ0n) is 15.6. The van der Waals surface area contributed by atoms with E-state index in [4.69, 9.17) is 5.21 Å². The average molecular weight is 353 g/mol. The van der Waals surface area contributed by atoms with E-state index >= 15 is 0 Å². The lowest BCUT2D eigenvalue weighted by molar-refractivity contribution is -0.991. The van der Waals surface area contributed by atoms with E-state index in [0.29, 0.717) is 0 Å². The lowest BCUT2D eigenvalue weighted by Gasteiger charge is -2.17. The number of anilines is 1. The maximum absolute atomic E-state index is 11.0. The Morgan fingerprint density at radius 3 is 2.46 bits per heavy atom. The molecule has 0 aliphatic carbocycles. The van der Waals surface area contributed by atoms with Crippen molar-refractivity contribution in [1.29, 1.82) is 0 Å². The molecule has 0 saturated heterocycles. The summed E-state index contributed by atoms with van der Waals surface area (Å²) < 4.78 is 2.29. The van der Waals surface area contributed by atoms with E-state index in [-0.39, 0.29) is 11.1 Å². The number of para-hydroxylation sites is 1. The normalized spacial score (nSPS) is 16.8. The molecule has 2 aromatic rings. The minimum Gasteiger partial charge on any atom is -0.595 e. The van der Waals surface area contributed by atoms with Gasteiger partial charge in [0.25, 0.3) is 0 Å². The fourth-order valence-corrected chi connectivity index (χ4v) is 3.44. The second kappa shape index (κ2) is 6.99. The highest BCUT2D eigenvalue weighted by Crippen LogP contribution is 2.38. The van der Waals surface area contributed by atoms with E-state index in [0.717, 1.165) is 17.9 Å². The second-order valence-electron chi connectivity index (χ2n) is 6.89. The zero-order valence-corrected chi connectivity index (χ0v) is 15.6. The van der Waals surface area contributed by atoms with Gasteiger partial charge in [0.15, 0.2) is 5.69 Å². The number of nitrogens with zero attached hydrogens (tertiary/aromatic N) is 3. The summed E-state index contributed by atoms with van der Waals surface area (Å²) in [6.45, 7) is 7.44. The molecule has 1 heterocycles. The summed E-state index contributed by atoms with van der Waals surface area (Å²) in [6, 6.07) is 15.2. The molecule has 2 N–H and O–H groups in total. The summed E-state index contributed by atoms with van der Waals surface area (Å²) in [4.78, 5) is 0. The third-order valence-corrected chi connectivity index (χ3v) is 4.96. The van der Waals surface area contributed by atoms with Crippen molar-refractivity contribution in [1.82, 2.24) is 0 Å². The minimum absolute atomic E-state index is 0.121. The van der Waals surface area contributed by atoms with Crippen LogP contribution in [0.1, 0.15) is 26.3 Å². The molecule has 2 aromatic carbocycles. The Morgan fingerprint density at radius 2 is 1.85 bits per heavy atom. The molecule has 0 radical (unpaired) electrons. The van der Waals surface area contributed by atoms with E-state index in [9.17, 15) is 5.21 Å². The van der Waals surface area contributed by atoms with Crippen LogP contribution in [-0.4, -0.2) is 35.3 Å². The van der Waals surface area contributed by atoms with Gasteiger partial charge in [0.05, 0.1) is 11.1 Å². The Morgan fingerprint density at radius 1 is 1.19 bits per heavy atom. The van der Waals surface area contributed by atoms with Crippen LogP contribution in [0.15, 0.2) is 53.6 Å². The monoisotopic (exact) mass is 353 g/mol. The number of fused-ring (bicyclic) bond motifs is 1. The van der Waals surface area contributed by atoms with Gasteiger partial charge in [0, 0.05) is 30.8 Å². The Kier molecular flexibility index (Phi) is 4.91. The van der Waals surface area contributed by atoms with Crippen molar-refractivity contribution in [2.24, 2.45) is 5.10 Å². The molecule has 0 aromatic heterocycles. The molecule has 3 rings (SSSR count). The number of quaternary nitrogens is 1. The first kappa shape index (κ1) is 18.3. The van der Waals surface area contributed by atoms with Gasteiger partial charge >= 0.3 is 0 Å². The summed E-state index contributed by atoms with van der Waals surface area (Å²) in [6.07, 6.45) is 1.91. The standard InChI is InChI=1S/C20H25N4O2/c1-5-23-18-9-7-6-8-17(18)20(2,3)19(23)14-21-22(4)15-10-12-16(13-11-15)24(25)26/h6-14,24-25H,5H2,1-4H3/q+1. The maximum Gasteiger partial charge on any atom is 0.212 e. The first-order valence-electron chi connectivity index (χ1n) is 8.71. The molecule has 0 amide bonds. The molecule has 1 aliphatic rings. The number of nitrogens with one attached hydrogen (secondary N) is 1. The molecular formula is C20H25N4O2+. The quantitative estimate of drug-likeness (QED) is 0.493. The predicted octanol–water partition coefficient (Wildman–Crippen LogP) is 2.61. The van der Waals surface area contributed by atoms with Crippen molar-refractivity contribution in [3.8, 4) is 0 Å². The second-order valence-corrected chi connectivity index (χ2v) is 6.89. The number of hydrazone groups is 1. The van der Waals surface area contributed by atoms with Gasteiger partial charge in [-0.25, -0.2) is 5.21 Å². The minimum atomic E-state index is -0.928. The lowest BCUT2D eigenvalue weighted by atomic mass is 9.82. The molecule has 6 nitrogen and oxygen atoms in total. The van der Waals surface area contributed by atoms with Crippen molar-refractivity contribution in [2.45, 2.75) is 26.2 Å². The van der Waals surface area contributed by atoms with Gasteiger partial charge in [0.2, 0.25) is 11.4 Å². The van der Waals surface area contributed by atoms with Gasteiger partial charge in [-0.3, -0.25) is 5.01 Å². The van der Waals surface area contributed by atoms with Crippen LogP contribution in [0.25, 0.3) is 0 Å². The van der Waals surface area contributed by atoms with Crippen LogP contribution in [0.2, 0.25) is 0 Å². The summed E-state index contributed by atoms with van der Waals surface area (Å²) >= 11 is 0. The van der Waals surface area contributed by atoms with E-state index in [1.165, 1.54) is 11.3 Å². The van der Waals surface area contributed by atoms with Crippen LogP contribution in [0.4, 0.5) is 17.1 Å². The largest absolute Gasteiger partial charge is 0.595 e. The van der Waals surface area contributed by atoms with Gasteiger partial charge in [-0.2, -0.15) is 14.9 Å². The van der Waals surface area contributed by atoms with Crippen molar-refractivity contribution in [2.75, 3.05) is 18.6 Å². The molecule has 136 valence electrons. The Hall–Kier alpha value is -2.54. The fourth-order valence-electron chi connectivity index (χ4n) is 3.44. The molecule has 0 fully saturated rings. The van der Waals surface area contributed by atoms with Crippen LogP contribution in [-0.2, 0) is 5.41 Å². The highest BCUT2D eigenvalue weighted by Gasteiger charge is 2.44. The Bertz CT molecular complexity index is 854. The molecule has 1 atom stereocenters. The van der Waals surface area contributed by atoms with Gasteiger partial charge in [-0.15, -0.1) is 0 Å². The average Bonchev–Trinajstić information content (AvgIpc) is 2.86. The molecule has 0 saturated carbocycles. The smallest absolute Gasteiger partial charge is 0.212 e. The molecule has 6 heteroatoms. The molecule has 0 bridgehead atoms. The van der Waals surface area contributed by atoms with Crippen LogP contribution < -0.4 is 10.2 Å². The third-order valence-electron chi connectivity index (χ3n) is 4.96. The lowest BCUT2D eigenvalue weighted by Crippen LogP contribution is -2.99. The number of hydrogen-bond donors (Lipinski definition) is 2. The van der Waals surface area contributed by atoms with Crippen molar-refractivity contribution in [3.05, 3.63) is 59.3 Å². The molecule has 26 heavy (non-hydrogen) atoms. The zero-order chi connectivity index (χ0) is 18.9. The maximum atomic E-state index is 11.0. The fraction of sp³-hybridized carbons (Fsp3) is 0.300. The Balaban J connectivity index is 1.89. The molecule has 0 spiro atoms. The van der Waals surface area contributed by atoms with Crippen molar-refractivity contribution < 1.29 is 15.0 Å². The number of benzene rings is 2. The van der Waals surface area contributed by atoms with Gasteiger partial charge < -0.3 is 5.21 Å². The van der Waals surface area contributed by atoms with Gasteiger partial charge in [-0.1, -0.05) is 18.2 Å². The van der Waals surface area contributed by atoms with Crippen molar-refractivity contribution in [3.63, 3.8) is 0 Å². The number of hydrogen-bond acceptors (Lipinski definition) is 4. The van der Waals surface area contributed by atoms with Crippen LogP contribution in [0.5, 0.6) is 0 Å². The van der Waals surface area contributed by atoms with E-state index < -0.39 is 5.23 Å². The van der Waals surface area contributed by atoms with Crippen LogP contribution in [0.3, 0.4) is 0 Å². The Labute approximate surface area is 153 Å². The van der Waals surface area contributed by atoms with E-state index in [2.05, 4.69) is 54.7 Å². The predicted molar refractivity (Wildman–Crippen MR) is 104 cm³/mol. The highest BCUT2D eigenvalue weighted by molar-refractivity contribution is 6.33. The molecule has 1 unspecified atom stereocenters. The topological polar surface area (TPSA) is 66.3 Å². The summed E-state index contributed by atoms with van der Waals surface area (Å²) in [7, 11) is 1.86.